The summed E-state index contributed by atoms with van der Waals surface area (Å²) < 4.78 is 40.1. The van der Waals surface area contributed by atoms with Crippen LogP contribution < -0.4 is 5.73 Å². The molecule has 2 N–H and O–H groups in total. The van der Waals surface area contributed by atoms with Gasteiger partial charge in [-0.25, -0.2) is 0 Å². The first-order chi connectivity index (χ1) is 10.3. The zero-order valence-electron chi connectivity index (χ0n) is 11.7. The van der Waals surface area contributed by atoms with Gasteiger partial charge in [0.05, 0.1) is 11.9 Å². The molecule has 22 heavy (non-hydrogen) atoms. The zero-order valence-corrected chi connectivity index (χ0v) is 11.7. The van der Waals surface area contributed by atoms with Crippen LogP contribution in [0.25, 0.3) is 16.8 Å². The van der Waals surface area contributed by atoms with Gasteiger partial charge in [0.1, 0.15) is 5.69 Å². The highest BCUT2D eigenvalue weighted by atomic mass is 19.4. The van der Waals surface area contributed by atoms with Gasteiger partial charge in [-0.05, 0) is 24.6 Å². The van der Waals surface area contributed by atoms with E-state index in [-0.39, 0.29) is 11.5 Å². The fraction of sp³-hybridized carbons (Fsp3) is 0.200. The second kappa shape index (κ2) is 5.01. The zero-order chi connectivity index (χ0) is 15.9. The number of nitrogens with zero attached hydrogens (tertiary/aromatic N) is 3. The van der Waals surface area contributed by atoms with E-state index in [0.717, 1.165) is 5.56 Å². The monoisotopic (exact) mass is 306 g/mol. The highest BCUT2D eigenvalue weighted by Gasteiger charge is 2.29. The Bertz CT molecular complexity index is 836. The number of nitrogen functional groups attached to an aromatic ring is 1. The SMILES string of the molecule is Cc1ccc(-c2nnc(N)n3cccc23)c(CC(F)(F)F)c1. The molecule has 2 heterocycles. The molecule has 4 nitrogen and oxygen atoms in total. The molecule has 0 spiro atoms. The van der Waals surface area contributed by atoms with Gasteiger partial charge in [0, 0.05) is 11.8 Å². The quantitative estimate of drug-likeness (QED) is 0.789. The van der Waals surface area contributed by atoms with Crippen molar-refractivity contribution in [3.05, 3.63) is 47.7 Å². The topological polar surface area (TPSA) is 56.2 Å². The van der Waals surface area contributed by atoms with Crippen LogP contribution >= 0.6 is 0 Å². The van der Waals surface area contributed by atoms with Gasteiger partial charge in [0.15, 0.2) is 0 Å². The van der Waals surface area contributed by atoms with Crippen LogP contribution in [0.4, 0.5) is 19.1 Å². The number of halogens is 3. The van der Waals surface area contributed by atoms with Gasteiger partial charge >= 0.3 is 6.18 Å². The van der Waals surface area contributed by atoms with Crippen molar-refractivity contribution in [3.63, 3.8) is 0 Å². The van der Waals surface area contributed by atoms with E-state index >= 15 is 0 Å². The lowest BCUT2D eigenvalue weighted by Gasteiger charge is -2.13. The Morgan fingerprint density at radius 1 is 1.18 bits per heavy atom. The number of fused-ring (bicyclic) bond motifs is 1. The van der Waals surface area contributed by atoms with E-state index in [2.05, 4.69) is 10.2 Å². The third-order valence-electron chi connectivity index (χ3n) is 3.40. The summed E-state index contributed by atoms with van der Waals surface area (Å²) in [5.74, 6) is 0.188. The van der Waals surface area contributed by atoms with Crippen LogP contribution in [-0.2, 0) is 6.42 Å². The second-order valence-electron chi connectivity index (χ2n) is 5.12. The van der Waals surface area contributed by atoms with E-state index in [1.807, 2.05) is 0 Å². The molecule has 0 aliphatic heterocycles. The van der Waals surface area contributed by atoms with E-state index in [1.54, 1.807) is 41.8 Å². The Labute approximate surface area is 124 Å². The van der Waals surface area contributed by atoms with Crippen molar-refractivity contribution in [2.24, 2.45) is 0 Å². The van der Waals surface area contributed by atoms with E-state index < -0.39 is 12.6 Å². The molecule has 2 aromatic heterocycles. The highest BCUT2D eigenvalue weighted by Crippen LogP contribution is 2.31. The molecule has 0 unspecified atom stereocenters. The number of nitrogens with two attached hydrogens (primary N) is 1. The molecule has 0 saturated carbocycles. The number of aryl methyl sites for hydroxylation is 1. The summed E-state index contributed by atoms with van der Waals surface area (Å²) in [4.78, 5) is 0. The van der Waals surface area contributed by atoms with Crippen LogP contribution in [0.15, 0.2) is 36.5 Å². The van der Waals surface area contributed by atoms with Gasteiger partial charge in [-0.1, -0.05) is 23.8 Å². The van der Waals surface area contributed by atoms with Crippen molar-refractivity contribution in [1.29, 1.82) is 0 Å². The second-order valence-corrected chi connectivity index (χ2v) is 5.12. The summed E-state index contributed by atoms with van der Waals surface area (Å²) in [5.41, 5.74) is 8.09. The van der Waals surface area contributed by atoms with Gasteiger partial charge in [0.25, 0.3) is 0 Å². The smallest absolute Gasteiger partial charge is 0.368 e. The molecule has 3 aromatic rings. The van der Waals surface area contributed by atoms with E-state index in [0.29, 0.717) is 16.8 Å². The van der Waals surface area contributed by atoms with E-state index in [4.69, 9.17) is 5.73 Å². The first-order valence-corrected chi connectivity index (χ1v) is 6.61. The number of hydrogen-bond donors (Lipinski definition) is 1. The normalized spacial score (nSPS) is 12.0. The molecule has 114 valence electrons. The van der Waals surface area contributed by atoms with Crippen LogP contribution in [0.3, 0.4) is 0 Å². The summed E-state index contributed by atoms with van der Waals surface area (Å²) in [6, 6.07) is 8.42. The van der Waals surface area contributed by atoms with Crippen molar-refractivity contribution in [1.82, 2.24) is 14.6 Å². The largest absolute Gasteiger partial charge is 0.393 e. The Morgan fingerprint density at radius 2 is 1.95 bits per heavy atom. The molecule has 0 bridgehead atoms. The maximum Gasteiger partial charge on any atom is 0.393 e. The molecular formula is C15H13F3N4. The Kier molecular flexibility index (Phi) is 3.27. The number of aromatic nitrogens is 3. The van der Waals surface area contributed by atoms with Gasteiger partial charge < -0.3 is 5.73 Å². The van der Waals surface area contributed by atoms with Crippen LogP contribution in [0.1, 0.15) is 11.1 Å². The van der Waals surface area contributed by atoms with Crippen LogP contribution in [0.5, 0.6) is 0 Å². The summed E-state index contributed by atoms with van der Waals surface area (Å²) in [6.45, 7) is 1.76. The number of alkyl halides is 3. The fourth-order valence-electron chi connectivity index (χ4n) is 2.48. The lowest BCUT2D eigenvalue weighted by molar-refractivity contribution is -0.127. The summed E-state index contributed by atoms with van der Waals surface area (Å²) in [7, 11) is 0. The third-order valence-corrected chi connectivity index (χ3v) is 3.40. The van der Waals surface area contributed by atoms with Crippen molar-refractivity contribution in [2.75, 3.05) is 5.73 Å². The molecule has 0 aliphatic carbocycles. The van der Waals surface area contributed by atoms with Crippen LogP contribution in [0.2, 0.25) is 0 Å². The predicted molar refractivity (Wildman–Crippen MR) is 77.3 cm³/mol. The molecule has 7 heteroatoms. The number of rotatable bonds is 2. The lowest BCUT2D eigenvalue weighted by atomic mass is 9.98. The highest BCUT2D eigenvalue weighted by molar-refractivity contribution is 5.79. The van der Waals surface area contributed by atoms with Gasteiger partial charge in [0.2, 0.25) is 5.95 Å². The first kappa shape index (κ1) is 14.4. The molecule has 0 atom stereocenters. The van der Waals surface area contributed by atoms with Gasteiger partial charge in [-0.15, -0.1) is 10.2 Å². The average molecular weight is 306 g/mol. The van der Waals surface area contributed by atoms with Crippen molar-refractivity contribution in [2.45, 2.75) is 19.5 Å². The van der Waals surface area contributed by atoms with Crippen molar-refractivity contribution >= 4 is 11.5 Å². The molecule has 1 aromatic carbocycles. The third kappa shape index (κ3) is 2.61. The molecular weight excluding hydrogens is 293 g/mol. The fourth-order valence-corrected chi connectivity index (χ4v) is 2.48. The minimum Gasteiger partial charge on any atom is -0.368 e. The van der Waals surface area contributed by atoms with Crippen molar-refractivity contribution in [3.8, 4) is 11.3 Å². The number of anilines is 1. The van der Waals surface area contributed by atoms with Gasteiger partial charge in [-0.3, -0.25) is 4.40 Å². The van der Waals surface area contributed by atoms with Gasteiger partial charge in [-0.2, -0.15) is 13.2 Å². The van der Waals surface area contributed by atoms with Crippen LogP contribution in [-0.4, -0.2) is 20.8 Å². The van der Waals surface area contributed by atoms with Crippen LogP contribution in [0, 0.1) is 6.92 Å². The van der Waals surface area contributed by atoms with E-state index in [1.165, 1.54) is 6.07 Å². The predicted octanol–water partition coefficient (Wildman–Crippen LogP) is 3.39. The standard InChI is InChI=1S/C15H13F3N4/c1-9-4-5-11(10(7-9)8-15(16,17)18)13-12-3-2-6-22(12)14(19)21-20-13/h2-7H,8H2,1H3,(H2,19,21). The average Bonchev–Trinajstić information content (AvgIpc) is 2.89. The Balaban J connectivity index is 2.22. The minimum atomic E-state index is -4.29. The summed E-state index contributed by atoms with van der Waals surface area (Å²) in [5, 5.41) is 7.83. The molecule has 0 aliphatic rings. The Morgan fingerprint density at radius 3 is 2.68 bits per heavy atom. The molecule has 0 saturated heterocycles. The maximum absolute atomic E-state index is 12.8. The lowest BCUT2D eigenvalue weighted by Crippen LogP contribution is -2.13. The molecule has 0 radical (unpaired) electrons. The summed E-state index contributed by atoms with van der Waals surface area (Å²) in [6.07, 6.45) is -3.61. The van der Waals surface area contributed by atoms with Crippen molar-refractivity contribution < 1.29 is 13.2 Å². The number of benzene rings is 1. The summed E-state index contributed by atoms with van der Waals surface area (Å²) >= 11 is 0. The molecule has 3 rings (SSSR count). The maximum atomic E-state index is 12.8. The Hall–Kier alpha value is -2.57. The minimum absolute atomic E-state index is 0.176. The first-order valence-electron chi connectivity index (χ1n) is 6.61. The molecule has 0 fully saturated rings. The van der Waals surface area contributed by atoms with E-state index in [9.17, 15) is 13.2 Å². The number of hydrogen-bond acceptors (Lipinski definition) is 3. The molecule has 0 amide bonds.